The molecule has 2 amide bonds. The van der Waals surface area contributed by atoms with Crippen LogP contribution in [0.5, 0.6) is 0 Å². The topological polar surface area (TPSA) is 72.2 Å². The molecule has 1 heterocycles. The van der Waals surface area contributed by atoms with Gasteiger partial charge in [0.1, 0.15) is 5.00 Å². The molecule has 1 unspecified atom stereocenters. The van der Waals surface area contributed by atoms with Crippen molar-refractivity contribution in [3.8, 4) is 0 Å². The van der Waals surface area contributed by atoms with E-state index in [4.69, 9.17) is 17.3 Å². The van der Waals surface area contributed by atoms with E-state index in [0.717, 1.165) is 24.8 Å². The van der Waals surface area contributed by atoms with E-state index in [9.17, 15) is 9.59 Å². The van der Waals surface area contributed by atoms with Crippen molar-refractivity contribution in [2.45, 2.75) is 52.9 Å². The number of amides is 2. The molecule has 0 bridgehead atoms. The molecule has 1 aliphatic rings. The fraction of sp³-hybridized carbons (Fsp3) is 0.647. The second-order valence-electron chi connectivity index (χ2n) is 7.22. The molecule has 0 aromatic carbocycles. The Kier molecular flexibility index (Phi) is 5.74. The largest absolute Gasteiger partial charge is 0.365 e. The first-order valence-corrected chi connectivity index (χ1v) is 9.39. The van der Waals surface area contributed by atoms with Crippen molar-refractivity contribution >= 4 is 39.8 Å². The first kappa shape index (κ1) is 18.3. The molecule has 128 valence electrons. The van der Waals surface area contributed by atoms with Crippen molar-refractivity contribution in [1.82, 2.24) is 0 Å². The maximum Gasteiger partial charge on any atom is 0.251 e. The van der Waals surface area contributed by atoms with E-state index < -0.39 is 5.91 Å². The molecule has 1 aromatic heterocycles. The SMILES string of the molecule is CC(C)(C)C1CCc2c(sc(NC(=O)CCCCl)c2C(N)=O)C1. The van der Waals surface area contributed by atoms with E-state index in [-0.39, 0.29) is 11.3 Å². The number of hydrogen-bond donors (Lipinski definition) is 2. The number of fused-ring (bicyclic) bond motifs is 1. The predicted molar refractivity (Wildman–Crippen MR) is 96.4 cm³/mol. The monoisotopic (exact) mass is 356 g/mol. The Morgan fingerprint density at radius 2 is 2.09 bits per heavy atom. The van der Waals surface area contributed by atoms with Crippen LogP contribution in [0.2, 0.25) is 0 Å². The van der Waals surface area contributed by atoms with Gasteiger partial charge in [-0.05, 0) is 42.6 Å². The van der Waals surface area contributed by atoms with Gasteiger partial charge in [-0.3, -0.25) is 9.59 Å². The highest BCUT2D eigenvalue weighted by atomic mass is 35.5. The molecular formula is C17H25ClN2O2S. The molecule has 1 aromatic rings. The summed E-state index contributed by atoms with van der Waals surface area (Å²) in [4.78, 5) is 25.0. The maximum atomic E-state index is 12.0. The molecule has 0 saturated heterocycles. The number of nitrogens with one attached hydrogen (secondary N) is 1. The second-order valence-corrected chi connectivity index (χ2v) is 8.70. The first-order chi connectivity index (χ1) is 10.7. The third-order valence-corrected chi connectivity index (χ3v) is 5.96. The normalized spacial score (nSPS) is 17.7. The third-order valence-electron chi connectivity index (χ3n) is 4.53. The lowest BCUT2D eigenvalue weighted by Gasteiger charge is -2.33. The van der Waals surface area contributed by atoms with Crippen molar-refractivity contribution in [3.63, 3.8) is 0 Å². The molecule has 1 aliphatic carbocycles. The average Bonchev–Trinajstić information content (AvgIpc) is 2.80. The lowest BCUT2D eigenvalue weighted by molar-refractivity contribution is -0.116. The van der Waals surface area contributed by atoms with E-state index in [1.54, 1.807) is 0 Å². The number of halogens is 1. The Hall–Kier alpha value is -1.07. The minimum absolute atomic E-state index is 0.112. The van der Waals surface area contributed by atoms with Gasteiger partial charge < -0.3 is 11.1 Å². The average molecular weight is 357 g/mol. The summed E-state index contributed by atoms with van der Waals surface area (Å²) in [6, 6.07) is 0. The molecule has 6 heteroatoms. The van der Waals surface area contributed by atoms with Gasteiger partial charge >= 0.3 is 0 Å². The Bertz CT molecular complexity index is 604. The molecule has 3 N–H and O–H groups in total. The number of thiophene rings is 1. The fourth-order valence-electron chi connectivity index (χ4n) is 3.09. The maximum absolute atomic E-state index is 12.0. The van der Waals surface area contributed by atoms with Gasteiger partial charge in [0.25, 0.3) is 5.91 Å². The fourth-order valence-corrected chi connectivity index (χ4v) is 4.57. The minimum atomic E-state index is -0.454. The zero-order chi connectivity index (χ0) is 17.2. The van der Waals surface area contributed by atoms with Crippen LogP contribution in [-0.2, 0) is 17.6 Å². The predicted octanol–water partition coefficient (Wildman–Crippen LogP) is 3.96. The van der Waals surface area contributed by atoms with Crippen LogP contribution in [0.3, 0.4) is 0 Å². The Morgan fingerprint density at radius 3 is 2.65 bits per heavy atom. The molecule has 2 rings (SSSR count). The zero-order valence-electron chi connectivity index (χ0n) is 14.0. The summed E-state index contributed by atoms with van der Waals surface area (Å²) in [5.41, 5.74) is 7.36. The molecule has 23 heavy (non-hydrogen) atoms. The highest BCUT2D eigenvalue weighted by molar-refractivity contribution is 7.17. The second kappa shape index (κ2) is 7.22. The highest BCUT2D eigenvalue weighted by Gasteiger charge is 2.33. The van der Waals surface area contributed by atoms with Gasteiger partial charge in [-0.25, -0.2) is 0 Å². The lowest BCUT2D eigenvalue weighted by Crippen LogP contribution is -2.27. The van der Waals surface area contributed by atoms with Crippen LogP contribution in [-0.4, -0.2) is 17.7 Å². The summed E-state index contributed by atoms with van der Waals surface area (Å²) in [6.45, 7) is 6.75. The Labute approximate surface area is 146 Å². The molecule has 0 aliphatic heterocycles. The number of carbonyl (C=O) groups is 2. The minimum Gasteiger partial charge on any atom is -0.365 e. The Balaban J connectivity index is 2.26. The van der Waals surface area contributed by atoms with Crippen molar-refractivity contribution in [2.24, 2.45) is 17.1 Å². The van der Waals surface area contributed by atoms with Gasteiger partial charge in [0.2, 0.25) is 5.91 Å². The number of rotatable bonds is 5. The molecule has 0 spiro atoms. The van der Waals surface area contributed by atoms with E-state index in [1.807, 2.05) is 0 Å². The van der Waals surface area contributed by atoms with Crippen molar-refractivity contribution < 1.29 is 9.59 Å². The summed E-state index contributed by atoms with van der Waals surface area (Å²) in [6.07, 6.45) is 3.82. The molecule has 0 saturated carbocycles. The quantitative estimate of drug-likeness (QED) is 0.784. The van der Waals surface area contributed by atoms with E-state index in [2.05, 4.69) is 26.1 Å². The van der Waals surface area contributed by atoms with Crippen LogP contribution in [0, 0.1) is 11.3 Å². The van der Waals surface area contributed by atoms with E-state index in [1.165, 1.54) is 16.2 Å². The smallest absolute Gasteiger partial charge is 0.251 e. The van der Waals surface area contributed by atoms with Gasteiger partial charge in [-0.15, -0.1) is 22.9 Å². The lowest BCUT2D eigenvalue weighted by atomic mass is 9.72. The van der Waals surface area contributed by atoms with Crippen LogP contribution < -0.4 is 11.1 Å². The van der Waals surface area contributed by atoms with Gasteiger partial charge in [-0.2, -0.15) is 0 Å². The highest BCUT2D eigenvalue weighted by Crippen LogP contribution is 2.44. The summed E-state index contributed by atoms with van der Waals surface area (Å²) < 4.78 is 0. The summed E-state index contributed by atoms with van der Waals surface area (Å²) in [5.74, 6) is 0.460. The van der Waals surface area contributed by atoms with Gasteiger partial charge in [0.15, 0.2) is 0 Å². The number of nitrogens with two attached hydrogens (primary N) is 1. The van der Waals surface area contributed by atoms with Crippen LogP contribution in [0.4, 0.5) is 5.00 Å². The Morgan fingerprint density at radius 1 is 1.39 bits per heavy atom. The summed E-state index contributed by atoms with van der Waals surface area (Å²) in [7, 11) is 0. The van der Waals surface area contributed by atoms with E-state index in [0.29, 0.717) is 35.2 Å². The van der Waals surface area contributed by atoms with Gasteiger partial charge in [-0.1, -0.05) is 20.8 Å². The van der Waals surface area contributed by atoms with Gasteiger partial charge in [0.05, 0.1) is 5.56 Å². The van der Waals surface area contributed by atoms with Gasteiger partial charge in [0, 0.05) is 17.2 Å². The molecule has 0 fully saturated rings. The van der Waals surface area contributed by atoms with Crippen molar-refractivity contribution in [2.75, 3.05) is 11.2 Å². The number of anilines is 1. The van der Waals surface area contributed by atoms with Crippen LogP contribution in [0.15, 0.2) is 0 Å². The first-order valence-electron chi connectivity index (χ1n) is 8.04. The van der Waals surface area contributed by atoms with Crippen molar-refractivity contribution in [3.05, 3.63) is 16.0 Å². The number of alkyl halides is 1. The van der Waals surface area contributed by atoms with E-state index >= 15 is 0 Å². The van der Waals surface area contributed by atoms with Crippen LogP contribution in [0.1, 0.15) is 60.8 Å². The summed E-state index contributed by atoms with van der Waals surface area (Å²) in [5, 5.41) is 3.47. The molecule has 0 radical (unpaired) electrons. The zero-order valence-corrected chi connectivity index (χ0v) is 15.6. The number of primary amides is 1. The van der Waals surface area contributed by atoms with Crippen LogP contribution >= 0.6 is 22.9 Å². The van der Waals surface area contributed by atoms with Crippen molar-refractivity contribution in [1.29, 1.82) is 0 Å². The summed E-state index contributed by atoms with van der Waals surface area (Å²) >= 11 is 7.13. The standard InChI is InChI=1S/C17H25ClN2O2S/c1-17(2,3)10-6-7-11-12(9-10)23-16(14(11)15(19)22)20-13(21)5-4-8-18/h10H,4-9H2,1-3H3,(H2,19,22)(H,20,21). The number of carbonyl (C=O) groups excluding carboxylic acids is 2. The van der Waals surface area contributed by atoms with Crippen LogP contribution in [0.25, 0.3) is 0 Å². The molecule has 1 atom stereocenters. The molecule has 4 nitrogen and oxygen atoms in total. The number of hydrogen-bond acceptors (Lipinski definition) is 3. The third kappa shape index (κ3) is 4.27. The molecular weight excluding hydrogens is 332 g/mol.